The van der Waals surface area contributed by atoms with Crippen LogP contribution >= 0.6 is 0 Å². The number of carbonyl (C=O) groups is 3. The first kappa shape index (κ1) is 26.6. The van der Waals surface area contributed by atoms with Crippen LogP contribution in [0.25, 0.3) is 11.1 Å². The summed E-state index contributed by atoms with van der Waals surface area (Å²) in [6.07, 6.45) is -3.71. The zero-order chi connectivity index (χ0) is 27.4. The molecule has 3 aromatic rings. The average Bonchev–Trinajstić information content (AvgIpc) is 2.85. The predicted octanol–water partition coefficient (Wildman–Crippen LogP) is 4.86. The summed E-state index contributed by atoms with van der Waals surface area (Å²) < 4.78 is 53.4. The average molecular weight is 529 g/mol. The zero-order valence-electron chi connectivity index (χ0n) is 20.0. The van der Waals surface area contributed by atoms with Crippen molar-refractivity contribution in [3.8, 4) is 11.1 Å². The summed E-state index contributed by atoms with van der Waals surface area (Å²) in [6, 6.07) is 13.5. The third-order valence-corrected chi connectivity index (χ3v) is 6.15. The van der Waals surface area contributed by atoms with Gasteiger partial charge >= 0.3 is 12.2 Å². The first-order chi connectivity index (χ1) is 18.0. The lowest BCUT2D eigenvalue weighted by Gasteiger charge is -2.33. The first-order valence-electron chi connectivity index (χ1n) is 11.7. The number of nitrogens with two attached hydrogens (primary N) is 1. The smallest absolute Gasteiger partial charge is 0.369 e. The summed E-state index contributed by atoms with van der Waals surface area (Å²) in [5, 5.41) is 4.92. The molecule has 0 aromatic heterocycles. The minimum atomic E-state index is -4.50. The van der Waals surface area contributed by atoms with Crippen LogP contribution in [0.4, 0.5) is 33.7 Å². The normalized spacial score (nSPS) is 15.7. The number of amides is 4. The molecule has 198 valence electrons. The molecule has 1 fully saturated rings. The van der Waals surface area contributed by atoms with E-state index in [4.69, 9.17) is 5.73 Å². The molecular weight excluding hydrogens is 504 g/mol. The number of urea groups is 1. The van der Waals surface area contributed by atoms with Gasteiger partial charge in [0.15, 0.2) is 0 Å². The lowest BCUT2D eigenvalue weighted by molar-refractivity contribution is -0.137. The van der Waals surface area contributed by atoms with Crippen LogP contribution in [0.3, 0.4) is 0 Å². The molecule has 1 unspecified atom stereocenters. The summed E-state index contributed by atoms with van der Waals surface area (Å²) in [6.45, 7) is 0.242. The van der Waals surface area contributed by atoms with E-state index in [0.29, 0.717) is 29.5 Å². The van der Waals surface area contributed by atoms with Crippen molar-refractivity contribution in [2.24, 2.45) is 5.73 Å². The van der Waals surface area contributed by atoms with E-state index in [1.54, 1.807) is 30.3 Å². The Morgan fingerprint density at radius 3 is 2.39 bits per heavy atom. The highest BCUT2D eigenvalue weighted by Gasteiger charge is 2.33. The van der Waals surface area contributed by atoms with Crippen LogP contribution in [-0.4, -0.2) is 30.4 Å². The number of carbonyl (C=O) groups excluding carboxylic acids is 3. The number of nitrogens with one attached hydrogen (secondary N) is 2. The second kappa shape index (κ2) is 10.9. The number of hydrogen-bond acceptors (Lipinski definition) is 3. The van der Waals surface area contributed by atoms with Crippen molar-refractivity contribution in [2.45, 2.75) is 31.5 Å². The number of alkyl halides is 3. The summed E-state index contributed by atoms with van der Waals surface area (Å²) in [5.41, 5.74) is 6.42. The van der Waals surface area contributed by atoms with Gasteiger partial charge in [0.2, 0.25) is 11.8 Å². The highest BCUT2D eigenvalue weighted by molar-refractivity contribution is 6.01. The Morgan fingerprint density at radius 1 is 1.03 bits per heavy atom. The van der Waals surface area contributed by atoms with Gasteiger partial charge in [-0.1, -0.05) is 30.3 Å². The van der Waals surface area contributed by atoms with Crippen LogP contribution < -0.4 is 21.3 Å². The van der Waals surface area contributed by atoms with Gasteiger partial charge in [0, 0.05) is 12.2 Å². The molecular formula is C27H24F4N4O3. The van der Waals surface area contributed by atoms with Gasteiger partial charge in [-0.05, 0) is 65.9 Å². The van der Waals surface area contributed by atoms with Crippen LogP contribution in [0.2, 0.25) is 0 Å². The second-order valence-corrected chi connectivity index (χ2v) is 8.82. The maximum atomic E-state index is 15.2. The van der Waals surface area contributed by atoms with E-state index in [2.05, 4.69) is 10.6 Å². The Labute approximate surface area is 215 Å². The zero-order valence-corrected chi connectivity index (χ0v) is 20.0. The van der Waals surface area contributed by atoms with Crippen molar-refractivity contribution in [3.63, 3.8) is 0 Å². The van der Waals surface area contributed by atoms with Gasteiger partial charge in [-0.2, -0.15) is 13.2 Å². The summed E-state index contributed by atoms with van der Waals surface area (Å²) in [7, 11) is 0. The van der Waals surface area contributed by atoms with E-state index in [9.17, 15) is 27.6 Å². The molecule has 4 amide bonds. The molecule has 1 saturated heterocycles. The van der Waals surface area contributed by atoms with Crippen molar-refractivity contribution in [2.75, 3.05) is 16.8 Å². The van der Waals surface area contributed by atoms with Crippen LogP contribution in [0, 0.1) is 5.82 Å². The fraction of sp³-hybridized carbons (Fsp3) is 0.222. The molecule has 7 nitrogen and oxygen atoms in total. The van der Waals surface area contributed by atoms with E-state index in [-0.39, 0.29) is 24.3 Å². The Balaban J connectivity index is 1.45. The largest absolute Gasteiger partial charge is 0.416 e. The third kappa shape index (κ3) is 6.10. The standard InChI is InChI=1S/C27H24F4N4O3/c28-21-14-17(20-5-2-1-4-16(20)15-24(32)36)7-12-23(21)35-13-3-6-22(25(35)37)34-26(38)33-19-10-8-18(9-11-19)27(29,30)31/h1-2,4-5,7-12,14,22H,3,6,13,15H2,(H2,32,36)(H2,33,34,38). The highest BCUT2D eigenvalue weighted by atomic mass is 19.4. The number of hydrogen-bond donors (Lipinski definition) is 3. The van der Waals surface area contributed by atoms with Crippen molar-refractivity contribution >= 4 is 29.2 Å². The molecule has 4 N–H and O–H groups in total. The molecule has 0 radical (unpaired) electrons. The molecule has 3 aromatic carbocycles. The van der Waals surface area contributed by atoms with E-state index < -0.39 is 41.4 Å². The molecule has 0 bridgehead atoms. The number of halogens is 4. The fourth-order valence-electron chi connectivity index (χ4n) is 4.35. The fourth-order valence-corrected chi connectivity index (χ4v) is 4.35. The summed E-state index contributed by atoms with van der Waals surface area (Å²) >= 11 is 0. The number of primary amides is 1. The molecule has 11 heteroatoms. The van der Waals surface area contributed by atoms with Crippen LogP contribution in [0.15, 0.2) is 66.7 Å². The van der Waals surface area contributed by atoms with Gasteiger partial charge in [0.25, 0.3) is 0 Å². The lowest BCUT2D eigenvalue weighted by atomic mass is 9.96. The Hall–Kier alpha value is -4.41. The van der Waals surface area contributed by atoms with E-state index >= 15 is 4.39 Å². The van der Waals surface area contributed by atoms with Crippen molar-refractivity contribution < 1.29 is 31.9 Å². The summed E-state index contributed by atoms with van der Waals surface area (Å²) in [4.78, 5) is 38.2. The second-order valence-electron chi connectivity index (χ2n) is 8.82. The maximum Gasteiger partial charge on any atom is 0.416 e. The van der Waals surface area contributed by atoms with Gasteiger partial charge < -0.3 is 21.3 Å². The number of nitrogens with zero attached hydrogens (tertiary/aromatic N) is 1. The SMILES string of the molecule is NC(=O)Cc1ccccc1-c1ccc(N2CCCC(NC(=O)Nc3ccc(C(F)(F)F)cc3)C2=O)c(F)c1. The van der Waals surface area contributed by atoms with Crippen molar-refractivity contribution in [1.82, 2.24) is 5.32 Å². The topological polar surface area (TPSA) is 105 Å². The van der Waals surface area contributed by atoms with Crippen LogP contribution in [0.1, 0.15) is 24.0 Å². The molecule has 0 spiro atoms. The third-order valence-electron chi connectivity index (χ3n) is 6.15. The monoisotopic (exact) mass is 528 g/mol. The van der Waals surface area contributed by atoms with Gasteiger partial charge in [0.05, 0.1) is 17.7 Å². The number of benzene rings is 3. The summed E-state index contributed by atoms with van der Waals surface area (Å²) in [5.74, 6) is -1.69. The van der Waals surface area contributed by atoms with Crippen molar-refractivity contribution in [1.29, 1.82) is 0 Å². The van der Waals surface area contributed by atoms with Crippen LogP contribution in [-0.2, 0) is 22.2 Å². The molecule has 0 aliphatic carbocycles. The van der Waals surface area contributed by atoms with Gasteiger partial charge in [0.1, 0.15) is 11.9 Å². The van der Waals surface area contributed by atoms with E-state index in [0.717, 1.165) is 24.3 Å². The molecule has 38 heavy (non-hydrogen) atoms. The molecule has 1 aliphatic rings. The van der Waals surface area contributed by atoms with E-state index in [1.165, 1.54) is 17.0 Å². The number of anilines is 2. The minimum absolute atomic E-state index is 0.00790. The molecule has 4 rings (SSSR count). The Bertz CT molecular complexity index is 1360. The first-order valence-corrected chi connectivity index (χ1v) is 11.7. The predicted molar refractivity (Wildman–Crippen MR) is 134 cm³/mol. The molecule has 1 aliphatic heterocycles. The number of piperidine rings is 1. The molecule has 0 saturated carbocycles. The van der Waals surface area contributed by atoms with Crippen LogP contribution in [0.5, 0.6) is 0 Å². The Morgan fingerprint density at radius 2 is 1.74 bits per heavy atom. The lowest BCUT2D eigenvalue weighted by Crippen LogP contribution is -2.53. The van der Waals surface area contributed by atoms with Crippen molar-refractivity contribution in [3.05, 3.63) is 83.7 Å². The quantitative estimate of drug-likeness (QED) is 0.398. The van der Waals surface area contributed by atoms with Gasteiger partial charge in [-0.15, -0.1) is 0 Å². The molecule has 1 atom stereocenters. The maximum absolute atomic E-state index is 15.2. The van der Waals surface area contributed by atoms with E-state index in [1.807, 2.05) is 0 Å². The number of rotatable bonds is 6. The minimum Gasteiger partial charge on any atom is -0.369 e. The van der Waals surface area contributed by atoms with Gasteiger partial charge in [-0.25, -0.2) is 9.18 Å². The Kier molecular flexibility index (Phi) is 7.65. The molecule has 1 heterocycles. The van der Waals surface area contributed by atoms with Gasteiger partial charge in [-0.3, -0.25) is 9.59 Å². The highest BCUT2D eigenvalue weighted by Crippen LogP contribution is 2.31.